The molecule has 1 aliphatic heterocycles. The lowest BCUT2D eigenvalue weighted by atomic mass is 10.0. The molecule has 0 spiro atoms. The van der Waals surface area contributed by atoms with Crippen LogP contribution in [0.1, 0.15) is 6.42 Å². The van der Waals surface area contributed by atoms with Gasteiger partial charge in [0.15, 0.2) is 0 Å². The standard InChI is InChI=1S/C6H12N3O/c1-7-6(10)5-2-3-8-9-4-5/h5,9H,2-4H2,1H3,(H,7,10). The van der Waals surface area contributed by atoms with E-state index in [1.165, 1.54) is 0 Å². The van der Waals surface area contributed by atoms with Crippen molar-refractivity contribution in [2.45, 2.75) is 6.42 Å². The Morgan fingerprint density at radius 1 is 1.80 bits per heavy atom. The molecule has 1 rings (SSSR count). The topological polar surface area (TPSA) is 55.2 Å². The smallest absolute Gasteiger partial charge is 0.224 e. The van der Waals surface area contributed by atoms with E-state index in [2.05, 4.69) is 16.2 Å². The van der Waals surface area contributed by atoms with Gasteiger partial charge in [-0.2, -0.15) is 5.43 Å². The van der Waals surface area contributed by atoms with Crippen LogP contribution in [-0.2, 0) is 4.79 Å². The van der Waals surface area contributed by atoms with E-state index >= 15 is 0 Å². The first-order valence-corrected chi connectivity index (χ1v) is 3.45. The SMILES string of the molecule is CNC(=O)C1CC[N]NC1. The second kappa shape index (κ2) is 3.53. The van der Waals surface area contributed by atoms with Crippen molar-refractivity contribution in [3.05, 3.63) is 0 Å². The molecule has 0 bridgehead atoms. The van der Waals surface area contributed by atoms with Gasteiger partial charge in [0.05, 0.1) is 5.92 Å². The van der Waals surface area contributed by atoms with Gasteiger partial charge in [-0.3, -0.25) is 4.79 Å². The van der Waals surface area contributed by atoms with Gasteiger partial charge in [0.2, 0.25) is 5.91 Å². The lowest BCUT2D eigenvalue weighted by Crippen LogP contribution is -2.43. The number of amides is 1. The summed E-state index contributed by atoms with van der Waals surface area (Å²) >= 11 is 0. The number of hydrogen-bond donors (Lipinski definition) is 2. The van der Waals surface area contributed by atoms with Crippen molar-refractivity contribution in [2.24, 2.45) is 5.92 Å². The fourth-order valence-corrected chi connectivity index (χ4v) is 1.00. The Kier molecular flexibility index (Phi) is 2.65. The molecule has 1 atom stereocenters. The Morgan fingerprint density at radius 2 is 2.60 bits per heavy atom. The summed E-state index contributed by atoms with van der Waals surface area (Å²) in [4.78, 5) is 11.0. The van der Waals surface area contributed by atoms with Crippen LogP contribution in [0.2, 0.25) is 0 Å². The van der Waals surface area contributed by atoms with E-state index in [4.69, 9.17) is 0 Å². The molecule has 57 valence electrons. The van der Waals surface area contributed by atoms with Crippen molar-refractivity contribution in [3.8, 4) is 0 Å². The fraction of sp³-hybridized carbons (Fsp3) is 0.833. The Labute approximate surface area is 60.3 Å². The minimum absolute atomic E-state index is 0.113. The first-order chi connectivity index (χ1) is 4.84. The number of hydrogen-bond acceptors (Lipinski definition) is 2. The van der Waals surface area contributed by atoms with E-state index in [-0.39, 0.29) is 11.8 Å². The molecule has 1 heterocycles. The van der Waals surface area contributed by atoms with Gasteiger partial charge in [0.25, 0.3) is 0 Å². The van der Waals surface area contributed by atoms with Crippen molar-refractivity contribution in [1.29, 1.82) is 0 Å². The summed E-state index contributed by atoms with van der Waals surface area (Å²) in [5, 5.41) is 2.61. The summed E-state index contributed by atoms with van der Waals surface area (Å²) < 4.78 is 0. The molecule has 4 heteroatoms. The molecule has 1 amide bonds. The molecule has 1 unspecified atom stereocenters. The van der Waals surface area contributed by atoms with Gasteiger partial charge in [0.1, 0.15) is 0 Å². The second-order valence-corrected chi connectivity index (χ2v) is 2.34. The number of nitrogens with zero attached hydrogens (tertiary/aromatic N) is 1. The van der Waals surface area contributed by atoms with Crippen LogP contribution in [0, 0.1) is 5.92 Å². The summed E-state index contributed by atoms with van der Waals surface area (Å²) in [6.07, 6.45) is 0.868. The quantitative estimate of drug-likeness (QED) is 0.486. The summed E-state index contributed by atoms with van der Waals surface area (Å²) in [5.41, 5.74) is 6.73. The van der Waals surface area contributed by atoms with Crippen molar-refractivity contribution in [2.75, 3.05) is 20.1 Å². The molecular weight excluding hydrogens is 130 g/mol. The molecule has 1 saturated heterocycles. The number of rotatable bonds is 1. The third-order valence-corrected chi connectivity index (χ3v) is 1.66. The van der Waals surface area contributed by atoms with E-state index < -0.39 is 0 Å². The van der Waals surface area contributed by atoms with E-state index in [1.54, 1.807) is 7.05 Å². The zero-order valence-corrected chi connectivity index (χ0v) is 6.05. The van der Waals surface area contributed by atoms with E-state index in [9.17, 15) is 4.79 Å². The summed E-state index contributed by atoms with van der Waals surface area (Å²) in [5.74, 6) is 0.227. The van der Waals surface area contributed by atoms with Gasteiger partial charge in [0, 0.05) is 20.1 Å². The maximum absolute atomic E-state index is 11.0. The largest absolute Gasteiger partial charge is 0.359 e. The minimum Gasteiger partial charge on any atom is -0.359 e. The zero-order valence-electron chi connectivity index (χ0n) is 6.05. The average molecular weight is 142 g/mol. The molecule has 10 heavy (non-hydrogen) atoms. The van der Waals surface area contributed by atoms with Crippen LogP contribution in [0.3, 0.4) is 0 Å². The Hall–Kier alpha value is -0.610. The van der Waals surface area contributed by atoms with E-state index in [1.807, 2.05) is 0 Å². The third-order valence-electron chi connectivity index (χ3n) is 1.66. The summed E-state index contributed by atoms with van der Waals surface area (Å²) in [6.45, 7) is 1.43. The molecule has 0 aromatic heterocycles. The van der Waals surface area contributed by atoms with Crippen LogP contribution in [0.4, 0.5) is 0 Å². The van der Waals surface area contributed by atoms with E-state index in [0.29, 0.717) is 6.54 Å². The summed E-state index contributed by atoms with van der Waals surface area (Å²) in [6, 6.07) is 0. The van der Waals surface area contributed by atoms with Gasteiger partial charge in [-0.25, -0.2) is 5.43 Å². The predicted molar refractivity (Wildman–Crippen MR) is 37.2 cm³/mol. The van der Waals surface area contributed by atoms with Crippen LogP contribution in [0.25, 0.3) is 0 Å². The maximum atomic E-state index is 11.0. The fourth-order valence-electron chi connectivity index (χ4n) is 1.00. The molecule has 4 nitrogen and oxygen atoms in total. The first-order valence-electron chi connectivity index (χ1n) is 3.45. The molecular formula is C6H12N3O. The lowest BCUT2D eigenvalue weighted by molar-refractivity contribution is -0.125. The Morgan fingerprint density at radius 3 is 3.10 bits per heavy atom. The first kappa shape index (κ1) is 7.50. The molecule has 0 aliphatic carbocycles. The molecule has 1 fully saturated rings. The van der Waals surface area contributed by atoms with Gasteiger partial charge in [-0.05, 0) is 6.42 Å². The second-order valence-electron chi connectivity index (χ2n) is 2.34. The highest BCUT2D eigenvalue weighted by Gasteiger charge is 2.19. The average Bonchev–Trinajstić information content (AvgIpc) is 2.05. The molecule has 1 radical (unpaired) electrons. The lowest BCUT2D eigenvalue weighted by Gasteiger charge is -2.20. The van der Waals surface area contributed by atoms with Crippen molar-refractivity contribution < 1.29 is 4.79 Å². The molecule has 0 saturated carbocycles. The Bertz CT molecular complexity index is 120. The van der Waals surface area contributed by atoms with Gasteiger partial charge in [-0.1, -0.05) is 0 Å². The van der Waals surface area contributed by atoms with Gasteiger partial charge in [-0.15, -0.1) is 0 Å². The van der Waals surface area contributed by atoms with Crippen molar-refractivity contribution in [1.82, 2.24) is 16.2 Å². The highest BCUT2D eigenvalue weighted by molar-refractivity contribution is 5.78. The van der Waals surface area contributed by atoms with Crippen LogP contribution >= 0.6 is 0 Å². The molecule has 0 aromatic rings. The van der Waals surface area contributed by atoms with Crippen LogP contribution in [0.15, 0.2) is 0 Å². The maximum Gasteiger partial charge on any atom is 0.224 e. The van der Waals surface area contributed by atoms with Gasteiger partial charge < -0.3 is 5.32 Å². The number of carbonyl (C=O) groups is 1. The predicted octanol–water partition coefficient (Wildman–Crippen LogP) is -1.14. The Balaban J connectivity index is 2.31. The highest BCUT2D eigenvalue weighted by Crippen LogP contribution is 2.03. The van der Waals surface area contributed by atoms with E-state index in [0.717, 1.165) is 13.0 Å². The molecule has 0 aromatic carbocycles. The normalized spacial score (nSPS) is 25.9. The highest BCUT2D eigenvalue weighted by atomic mass is 16.1. The zero-order chi connectivity index (χ0) is 7.40. The molecule has 1 aliphatic rings. The van der Waals surface area contributed by atoms with Gasteiger partial charge >= 0.3 is 0 Å². The minimum atomic E-state index is 0.113. The number of carbonyl (C=O) groups excluding carboxylic acids is 1. The van der Waals surface area contributed by atoms with Crippen LogP contribution in [-0.4, -0.2) is 26.0 Å². The van der Waals surface area contributed by atoms with Crippen LogP contribution in [0.5, 0.6) is 0 Å². The molecule has 2 N–H and O–H groups in total. The van der Waals surface area contributed by atoms with Crippen molar-refractivity contribution >= 4 is 5.91 Å². The monoisotopic (exact) mass is 142 g/mol. The van der Waals surface area contributed by atoms with Crippen LogP contribution < -0.4 is 16.2 Å². The summed E-state index contributed by atoms with van der Waals surface area (Å²) in [7, 11) is 1.66. The third kappa shape index (κ3) is 1.68. The number of nitrogens with one attached hydrogen (secondary N) is 2. The van der Waals surface area contributed by atoms with Crippen molar-refractivity contribution in [3.63, 3.8) is 0 Å².